The minimum absolute atomic E-state index is 0.127. The fourth-order valence-corrected chi connectivity index (χ4v) is 10.9. The molecular formula is C52H65NO14. The molecule has 15 nitrogen and oxygen atoms in total. The van der Waals surface area contributed by atoms with Gasteiger partial charge in [-0.25, -0.2) is 14.5 Å². The topological polar surface area (TPSA) is 198 Å². The van der Waals surface area contributed by atoms with Crippen molar-refractivity contribution in [3.63, 3.8) is 0 Å². The van der Waals surface area contributed by atoms with Crippen LogP contribution in [0.4, 0.5) is 4.79 Å². The maximum atomic E-state index is 15.8. The number of carbonyl (C=O) groups is 7. The number of fused-ring (bicyclic) bond motifs is 5. The van der Waals surface area contributed by atoms with Crippen molar-refractivity contribution in [1.29, 1.82) is 0 Å². The molecule has 1 heterocycles. The van der Waals surface area contributed by atoms with Crippen molar-refractivity contribution in [3.8, 4) is 0 Å². The molecule has 4 aliphatic rings. The summed E-state index contributed by atoms with van der Waals surface area (Å²) in [6, 6.07) is 15.3. The minimum Gasteiger partial charge on any atom is -0.457 e. The number of amides is 2. The predicted octanol–water partition coefficient (Wildman–Crippen LogP) is 7.59. The molecule has 15 heteroatoms. The van der Waals surface area contributed by atoms with E-state index in [9.17, 15) is 29.1 Å². The van der Waals surface area contributed by atoms with Crippen molar-refractivity contribution < 1.29 is 67.1 Å². The quantitative estimate of drug-likeness (QED) is 0.106. The first-order chi connectivity index (χ1) is 31.2. The second-order valence-corrected chi connectivity index (χ2v) is 20.3. The van der Waals surface area contributed by atoms with E-state index in [0.29, 0.717) is 5.56 Å². The number of aliphatic hydroxyl groups is 1. The second-order valence-electron chi connectivity index (χ2n) is 20.3. The van der Waals surface area contributed by atoms with Crippen molar-refractivity contribution in [2.75, 3.05) is 6.61 Å². The normalized spacial score (nSPS) is 30.9. The van der Waals surface area contributed by atoms with E-state index in [4.69, 9.17) is 28.4 Å². The van der Waals surface area contributed by atoms with E-state index in [0.717, 1.165) is 11.8 Å². The van der Waals surface area contributed by atoms with Gasteiger partial charge in [-0.15, -0.1) is 0 Å². The SMILES string of the molecule is C/C=C(\C)C(=O)N(C(=O)OC(C)(C)C)[C@@H](c1ccccc1)[C@@H](C)C(=O)O[C@H]1C[C@@]2(O)[C@@H](OC(=O)c3ccccc3)[C@@H]3[C@]4(OC(C)=O)CO[C@@H]4C[C@H](C)[C@@]3(C)C(=O)[C@H](OC(C)=O)C(=C1C)C2(C)C. The van der Waals surface area contributed by atoms with Crippen molar-refractivity contribution in [2.24, 2.45) is 28.6 Å². The molecule has 11 atom stereocenters. The van der Waals surface area contributed by atoms with Crippen LogP contribution in [0.1, 0.15) is 125 Å². The molecule has 6 rings (SSSR count). The van der Waals surface area contributed by atoms with Gasteiger partial charge in [-0.3, -0.25) is 24.0 Å². The number of hydrogen-bond acceptors (Lipinski definition) is 14. The number of carbonyl (C=O) groups excluding carboxylic acids is 7. The number of Topliss-reactive ketones (excluding diaryl/α,β-unsaturated/α-hetero) is 1. The lowest BCUT2D eigenvalue weighted by atomic mass is 9.43. The Morgan fingerprint density at radius 1 is 0.896 bits per heavy atom. The van der Waals surface area contributed by atoms with Gasteiger partial charge in [0, 0.05) is 36.7 Å². The van der Waals surface area contributed by atoms with Crippen LogP contribution < -0.4 is 0 Å². The van der Waals surface area contributed by atoms with Gasteiger partial charge in [0.25, 0.3) is 5.91 Å². The first kappa shape index (κ1) is 50.7. The van der Waals surface area contributed by atoms with Crippen molar-refractivity contribution in [1.82, 2.24) is 4.90 Å². The highest BCUT2D eigenvalue weighted by molar-refractivity contribution is 6.03. The third-order valence-electron chi connectivity index (χ3n) is 14.7. The van der Waals surface area contributed by atoms with Crippen LogP contribution in [0.5, 0.6) is 0 Å². The van der Waals surface area contributed by atoms with Gasteiger partial charge in [0.1, 0.15) is 29.5 Å². The summed E-state index contributed by atoms with van der Waals surface area (Å²) < 4.78 is 37.1. The molecule has 362 valence electrons. The summed E-state index contributed by atoms with van der Waals surface area (Å²) in [5.41, 5.74) is -6.98. The largest absolute Gasteiger partial charge is 0.457 e. The standard InChI is InChI=1S/C52H65NO14/c1-14-28(2)44(57)53(47(60)67-48(8,9)10)39(34-21-17-15-18-22-34)31(5)45(58)64-36-26-52(61)43(65-46(59)35-23-19-16-20-24-35)41-50(13,29(3)25-37-51(41,27-62-37)66-33(7)55)42(56)40(63-32(6)54)38(30(36)4)49(52,11)12/h14-24,29,31,36-37,39-41,43,61H,25-27H2,1-13H3/b28-14+/t29-,31+,36-,37+,39+,40+,41-,43-,50+,51-,52+/m0/s1. The Morgan fingerprint density at radius 2 is 1.49 bits per heavy atom. The van der Waals surface area contributed by atoms with E-state index >= 15 is 9.59 Å². The lowest BCUT2D eigenvalue weighted by Gasteiger charge is -2.68. The van der Waals surface area contributed by atoms with Crippen LogP contribution in [-0.2, 0) is 52.4 Å². The molecule has 2 saturated carbocycles. The second kappa shape index (κ2) is 18.4. The van der Waals surface area contributed by atoms with E-state index in [-0.39, 0.29) is 35.3 Å². The molecule has 1 N–H and O–H groups in total. The lowest BCUT2D eigenvalue weighted by molar-refractivity contribution is -0.340. The van der Waals surface area contributed by atoms with Crippen molar-refractivity contribution >= 4 is 41.7 Å². The van der Waals surface area contributed by atoms with Gasteiger partial charge in [-0.1, -0.05) is 82.3 Å². The first-order valence-corrected chi connectivity index (χ1v) is 22.8. The molecule has 2 aromatic rings. The van der Waals surface area contributed by atoms with E-state index in [1.807, 2.05) is 6.92 Å². The number of allylic oxidation sites excluding steroid dienone is 1. The number of rotatable bonds is 10. The van der Waals surface area contributed by atoms with Gasteiger partial charge in [0.15, 0.2) is 17.5 Å². The third kappa shape index (κ3) is 8.85. The number of ether oxygens (including phenoxy) is 6. The third-order valence-corrected chi connectivity index (χ3v) is 14.7. The van der Waals surface area contributed by atoms with Crippen molar-refractivity contribution in [2.45, 2.75) is 150 Å². The van der Waals surface area contributed by atoms with Crippen LogP contribution in [0.15, 0.2) is 83.5 Å². The Kier molecular flexibility index (Phi) is 14.0. The maximum Gasteiger partial charge on any atom is 0.417 e. The van der Waals surface area contributed by atoms with Gasteiger partial charge in [-0.2, -0.15) is 0 Å². The number of hydrogen-bond donors (Lipinski definition) is 1. The fraction of sp³-hybridized carbons (Fsp3) is 0.558. The zero-order valence-electron chi connectivity index (χ0n) is 40.8. The molecule has 0 aromatic heterocycles. The minimum atomic E-state index is -2.28. The molecule has 0 unspecified atom stereocenters. The van der Waals surface area contributed by atoms with E-state index in [2.05, 4.69) is 0 Å². The van der Waals surface area contributed by atoms with Gasteiger partial charge in [-0.05, 0) is 89.6 Å². The summed E-state index contributed by atoms with van der Waals surface area (Å²) in [5, 5.41) is 13.9. The molecule has 1 aliphatic heterocycles. The molecule has 0 radical (unpaired) electrons. The van der Waals surface area contributed by atoms with Crippen LogP contribution in [0.3, 0.4) is 0 Å². The lowest BCUT2D eigenvalue weighted by Crippen LogP contribution is -2.80. The van der Waals surface area contributed by atoms with E-state index in [1.165, 1.54) is 26.0 Å². The number of ketones is 1. The van der Waals surface area contributed by atoms with E-state index in [1.54, 1.807) is 117 Å². The molecule has 1 saturated heterocycles. The average Bonchev–Trinajstić information content (AvgIpc) is 3.25. The summed E-state index contributed by atoms with van der Waals surface area (Å²) in [4.78, 5) is 101. The molecular weight excluding hydrogens is 863 g/mol. The molecule has 3 aliphatic carbocycles. The zero-order chi connectivity index (χ0) is 49.8. The summed E-state index contributed by atoms with van der Waals surface area (Å²) >= 11 is 0. The summed E-state index contributed by atoms with van der Waals surface area (Å²) in [7, 11) is 0. The maximum absolute atomic E-state index is 15.8. The Balaban J connectivity index is 1.57. The van der Waals surface area contributed by atoms with Crippen LogP contribution in [0.2, 0.25) is 0 Å². The van der Waals surface area contributed by atoms with Crippen LogP contribution >= 0.6 is 0 Å². The summed E-state index contributed by atoms with van der Waals surface area (Å²) in [6.45, 7) is 20.2. The smallest absolute Gasteiger partial charge is 0.417 e. The molecule has 67 heavy (non-hydrogen) atoms. The molecule has 2 aromatic carbocycles. The molecule has 0 spiro atoms. The Labute approximate surface area is 392 Å². The van der Waals surface area contributed by atoms with Gasteiger partial charge >= 0.3 is 30.0 Å². The number of nitrogens with zero attached hydrogens (tertiary/aromatic N) is 1. The van der Waals surface area contributed by atoms with Gasteiger partial charge in [0.2, 0.25) is 0 Å². The van der Waals surface area contributed by atoms with Gasteiger partial charge in [0.05, 0.1) is 30.0 Å². The van der Waals surface area contributed by atoms with Crippen LogP contribution in [0, 0.1) is 28.6 Å². The molecule has 2 bridgehead atoms. The van der Waals surface area contributed by atoms with Crippen LogP contribution in [0.25, 0.3) is 0 Å². The molecule has 3 fully saturated rings. The monoisotopic (exact) mass is 927 g/mol. The highest BCUT2D eigenvalue weighted by Crippen LogP contribution is 2.65. The fourth-order valence-electron chi connectivity index (χ4n) is 10.9. The zero-order valence-corrected chi connectivity index (χ0v) is 40.8. The first-order valence-electron chi connectivity index (χ1n) is 22.8. The molecule has 2 amide bonds. The number of esters is 4. The Morgan fingerprint density at radius 3 is 2.01 bits per heavy atom. The summed E-state index contributed by atoms with van der Waals surface area (Å²) in [5.74, 6) is -7.77. The number of imide groups is 1. The van der Waals surface area contributed by atoms with Crippen LogP contribution in [-0.4, -0.2) is 99.5 Å². The average molecular weight is 928 g/mol. The highest BCUT2D eigenvalue weighted by atomic mass is 16.6. The summed E-state index contributed by atoms with van der Waals surface area (Å²) in [6.07, 6.45) is -5.17. The van der Waals surface area contributed by atoms with E-state index < -0.39 is 124 Å². The predicted molar refractivity (Wildman–Crippen MR) is 243 cm³/mol. The Bertz CT molecular complexity index is 2370. The Hall–Kier alpha value is -5.67. The van der Waals surface area contributed by atoms with Gasteiger partial charge < -0.3 is 33.5 Å². The van der Waals surface area contributed by atoms with Crippen molar-refractivity contribution in [3.05, 3.63) is 94.6 Å². The highest BCUT2D eigenvalue weighted by Gasteiger charge is 2.77. The number of benzene rings is 2.